The minimum atomic E-state index is 0.557. The molecule has 2 unspecified atom stereocenters. The first kappa shape index (κ1) is 14.7. The quantitative estimate of drug-likeness (QED) is 0.855. The maximum Gasteiger partial charge on any atom is 0.125 e. The molecule has 0 amide bonds. The molecule has 0 spiro atoms. The van der Waals surface area contributed by atoms with Crippen LogP contribution in [0.15, 0.2) is 12.1 Å². The van der Waals surface area contributed by atoms with E-state index in [0.717, 1.165) is 43.2 Å². The summed E-state index contributed by atoms with van der Waals surface area (Å²) >= 11 is 6.22. The van der Waals surface area contributed by atoms with E-state index in [0.29, 0.717) is 12.0 Å². The molecule has 19 heavy (non-hydrogen) atoms. The van der Waals surface area contributed by atoms with Crippen molar-refractivity contribution in [1.82, 2.24) is 5.32 Å². The monoisotopic (exact) mass is 281 g/mol. The highest BCUT2D eigenvalue weighted by Gasteiger charge is 2.21. The Balaban J connectivity index is 2.14. The lowest BCUT2D eigenvalue weighted by atomic mass is 9.91. The highest BCUT2D eigenvalue weighted by atomic mass is 35.5. The van der Waals surface area contributed by atoms with Crippen LogP contribution in [0.1, 0.15) is 38.3 Å². The van der Waals surface area contributed by atoms with Gasteiger partial charge in [0.25, 0.3) is 0 Å². The van der Waals surface area contributed by atoms with Gasteiger partial charge < -0.3 is 10.1 Å². The van der Waals surface area contributed by atoms with Gasteiger partial charge in [-0.05, 0) is 48.6 Å². The first-order chi connectivity index (χ1) is 9.15. The van der Waals surface area contributed by atoms with Gasteiger partial charge in [-0.25, -0.2) is 0 Å². The number of rotatable bonds is 6. The van der Waals surface area contributed by atoms with Crippen molar-refractivity contribution >= 4 is 11.6 Å². The Morgan fingerprint density at radius 1 is 1.37 bits per heavy atom. The molecule has 2 nitrogen and oxygen atoms in total. The zero-order valence-corrected chi connectivity index (χ0v) is 12.9. The molecule has 1 aromatic rings. The Hall–Kier alpha value is -0.730. The van der Waals surface area contributed by atoms with E-state index in [2.05, 4.69) is 32.2 Å². The zero-order valence-electron chi connectivity index (χ0n) is 12.1. The Morgan fingerprint density at radius 2 is 2.16 bits per heavy atom. The summed E-state index contributed by atoms with van der Waals surface area (Å²) in [6, 6.07) is 4.67. The van der Waals surface area contributed by atoms with Crippen LogP contribution in [0.25, 0.3) is 0 Å². The van der Waals surface area contributed by atoms with Crippen LogP contribution in [0, 0.1) is 5.92 Å². The number of fused-ring (bicyclic) bond motifs is 1. The SMILES string of the molecule is CCNC(CC)C(C)Cc1cc(Cl)cc2c1OCC2. The second-order valence-corrected chi connectivity index (χ2v) is 5.84. The predicted octanol–water partition coefficient (Wildman–Crippen LogP) is 3.84. The Morgan fingerprint density at radius 3 is 2.84 bits per heavy atom. The van der Waals surface area contributed by atoms with Gasteiger partial charge in [0.2, 0.25) is 0 Å². The fourth-order valence-corrected chi connectivity index (χ4v) is 3.26. The zero-order chi connectivity index (χ0) is 13.8. The molecule has 0 aliphatic carbocycles. The van der Waals surface area contributed by atoms with Gasteiger partial charge in [-0.2, -0.15) is 0 Å². The minimum Gasteiger partial charge on any atom is -0.493 e. The molecule has 1 heterocycles. The Kier molecular flexibility index (Phi) is 5.12. The predicted molar refractivity (Wildman–Crippen MR) is 81.3 cm³/mol. The third-order valence-electron chi connectivity index (χ3n) is 3.96. The van der Waals surface area contributed by atoms with Crippen molar-refractivity contribution in [3.8, 4) is 5.75 Å². The molecular weight excluding hydrogens is 258 g/mol. The van der Waals surface area contributed by atoms with E-state index in [1.807, 2.05) is 6.07 Å². The molecule has 0 saturated carbocycles. The van der Waals surface area contributed by atoms with E-state index in [-0.39, 0.29) is 0 Å². The molecule has 0 radical (unpaired) electrons. The van der Waals surface area contributed by atoms with Crippen molar-refractivity contribution in [3.63, 3.8) is 0 Å². The highest BCUT2D eigenvalue weighted by Crippen LogP contribution is 2.34. The highest BCUT2D eigenvalue weighted by molar-refractivity contribution is 6.30. The number of nitrogens with one attached hydrogen (secondary N) is 1. The van der Waals surface area contributed by atoms with E-state index in [1.54, 1.807) is 0 Å². The van der Waals surface area contributed by atoms with Gasteiger partial charge in [0.05, 0.1) is 6.61 Å². The second kappa shape index (κ2) is 6.62. The maximum absolute atomic E-state index is 6.22. The van der Waals surface area contributed by atoms with Gasteiger partial charge in [0.1, 0.15) is 5.75 Å². The van der Waals surface area contributed by atoms with Gasteiger partial charge in [0, 0.05) is 17.5 Å². The summed E-state index contributed by atoms with van der Waals surface area (Å²) in [5, 5.41) is 4.40. The summed E-state index contributed by atoms with van der Waals surface area (Å²) in [7, 11) is 0. The number of ether oxygens (including phenoxy) is 1. The van der Waals surface area contributed by atoms with Crippen LogP contribution >= 0.6 is 11.6 Å². The van der Waals surface area contributed by atoms with Crippen LogP contribution < -0.4 is 10.1 Å². The largest absolute Gasteiger partial charge is 0.493 e. The molecule has 1 aliphatic rings. The van der Waals surface area contributed by atoms with Crippen LogP contribution in [0.5, 0.6) is 5.75 Å². The smallest absolute Gasteiger partial charge is 0.125 e. The van der Waals surface area contributed by atoms with Crippen molar-refractivity contribution in [2.75, 3.05) is 13.2 Å². The van der Waals surface area contributed by atoms with E-state index in [9.17, 15) is 0 Å². The molecule has 0 bridgehead atoms. The van der Waals surface area contributed by atoms with Crippen molar-refractivity contribution in [2.45, 2.75) is 46.1 Å². The average molecular weight is 282 g/mol. The summed E-state index contributed by atoms with van der Waals surface area (Å²) < 4.78 is 5.78. The first-order valence-electron chi connectivity index (χ1n) is 7.33. The summed E-state index contributed by atoms with van der Waals surface area (Å²) in [6.45, 7) is 8.52. The molecule has 0 saturated heterocycles. The topological polar surface area (TPSA) is 21.3 Å². The standard InChI is InChI=1S/C16H24ClNO/c1-4-15(18-5-2)11(3)8-13-10-14(17)9-12-6-7-19-16(12)13/h9-11,15,18H,4-8H2,1-3H3. The molecule has 3 heteroatoms. The normalized spacial score (nSPS) is 16.8. The lowest BCUT2D eigenvalue weighted by molar-refractivity contribution is 0.341. The minimum absolute atomic E-state index is 0.557. The van der Waals surface area contributed by atoms with E-state index < -0.39 is 0 Å². The number of hydrogen-bond donors (Lipinski definition) is 1. The van der Waals surface area contributed by atoms with Crippen molar-refractivity contribution in [2.24, 2.45) is 5.92 Å². The lowest BCUT2D eigenvalue weighted by Crippen LogP contribution is -2.35. The first-order valence-corrected chi connectivity index (χ1v) is 7.71. The summed E-state index contributed by atoms with van der Waals surface area (Å²) in [5.74, 6) is 1.67. The number of hydrogen-bond acceptors (Lipinski definition) is 2. The van der Waals surface area contributed by atoms with Crippen molar-refractivity contribution < 1.29 is 4.74 Å². The lowest BCUT2D eigenvalue weighted by Gasteiger charge is -2.24. The van der Waals surface area contributed by atoms with Gasteiger partial charge >= 0.3 is 0 Å². The molecule has 2 atom stereocenters. The molecular formula is C16H24ClNO. The van der Waals surface area contributed by atoms with Crippen LogP contribution in [0.4, 0.5) is 0 Å². The molecule has 1 aliphatic heterocycles. The molecule has 0 fully saturated rings. The van der Waals surface area contributed by atoms with E-state index in [4.69, 9.17) is 16.3 Å². The van der Waals surface area contributed by atoms with Gasteiger partial charge in [-0.1, -0.05) is 32.4 Å². The van der Waals surface area contributed by atoms with Gasteiger partial charge in [-0.15, -0.1) is 0 Å². The third-order valence-corrected chi connectivity index (χ3v) is 4.18. The maximum atomic E-state index is 6.22. The Labute approximate surface area is 121 Å². The fraction of sp³-hybridized carbons (Fsp3) is 0.625. The fourth-order valence-electron chi connectivity index (χ4n) is 3.00. The van der Waals surface area contributed by atoms with Crippen molar-refractivity contribution in [3.05, 3.63) is 28.3 Å². The van der Waals surface area contributed by atoms with E-state index in [1.165, 1.54) is 11.1 Å². The van der Waals surface area contributed by atoms with Crippen LogP contribution in [-0.2, 0) is 12.8 Å². The summed E-state index contributed by atoms with van der Waals surface area (Å²) in [5.41, 5.74) is 2.54. The molecule has 1 N–H and O–H groups in total. The molecule has 0 aromatic heterocycles. The number of halogens is 1. The van der Waals surface area contributed by atoms with Gasteiger partial charge in [0.15, 0.2) is 0 Å². The molecule has 106 valence electrons. The second-order valence-electron chi connectivity index (χ2n) is 5.41. The summed E-state index contributed by atoms with van der Waals surface area (Å²) in [4.78, 5) is 0. The molecule has 2 rings (SSSR count). The van der Waals surface area contributed by atoms with Crippen molar-refractivity contribution in [1.29, 1.82) is 0 Å². The third kappa shape index (κ3) is 3.43. The number of benzene rings is 1. The average Bonchev–Trinajstić information content (AvgIpc) is 2.83. The van der Waals surface area contributed by atoms with Crippen LogP contribution in [-0.4, -0.2) is 19.2 Å². The van der Waals surface area contributed by atoms with Crippen LogP contribution in [0.2, 0.25) is 5.02 Å². The van der Waals surface area contributed by atoms with Gasteiger partial charge in [-0.3, -0.25) is 0 Å². The molecule has 1 aromatic carbocycles. The van der Waals surface area contributed by atoms with Crippen LogP contribution in [0.3, 0.4) is 0 Å². The summed E-state index contributed by atoms with van der Waals surface area (Å²) in [6.07, 6.45) is 3.16. The van der Waals surface area contributed by atoms with E-state index >= 15 is 0 Å². The Bertz CT molecular complexity index is 433.